The Morgan fingerprint density at radius 3 is 2.76 bits per heavy atom. The Morgan fingerprint density at radius 1 is 1.53 bits per heavy atom. The number of nitrogen functional groups attached to an aromatic ring is 1. The molecule has 0 saturated heterocycles. The molecule has 1 unspecified atom stereocenters. The second kappa shape index (κ2) is 6.25. The third-order valence-electron chi connectivity index (χ3n) is 1.92. The molecule has 2 atom stereocenters. The van der Waals surface area contributed by atoms with Crippen LogP contribution in [0.3, 0.4) is 0 Å². The molecule has 9 nitrogen and oxygen atoms in total. The minimum atomic E-state index is -1.34. The van der Waals surface area contributed by atoms with Gasteiger partial charge in [0.15, 0.2) is 6.23 Å². The van der Waals surface area contributed by atoms with E-state index in [0.717, 1.165) is 10.9 Å². The van der Waals surface area contributed by atoms with Crippen molar-refractivity contribution in [3.05, 3.63) is 16.8 Å². The molecular weight excluding hydrogens is 232 g/mol. The summed E-state index contributed by atoms with van der Waals surface area (Å²) in [5.74, 6) is -0.203. The lowest BCUT2D eigenvalue weighted by molar-refractivity contribution is -0.107. The fourth-order valence-corrected chi connectivity index (χ4v) is 1.17. The van der Waals surface area contributed by atoms with E-state index in [9.17, 15) is 9.90 Å². The fourth-order valence-electron chi connectivity index (χ4n) is 1.17. The first-order valence-electron chi connectivity index (χ1n) is 4.82. The van der Waals surface area contributed by atoms with E-state index in [1.54, 1.807) is 0 Å². The largest absolute Gasteiger partial charge is 0.394 e. The van der Waals surface area contributed by atoms with E-state index >= 15 is 0 Å². The van der Waals surface area contributed by atoms with Crippen LogP contribution in [0.15, 0.2) is 11.1 Å². The van der Waals surface area contributed by atoms with Crippen LogP contribution < -0.4 is 11.4 Å². The molecule has 0 bridgehead atoms. The van der Waals surface area contributed by atoms with Crippen LogP contribution in [0.4, 0.5) is 5.95 Å². The molecule has 9 heteroatoms. The van der Waals surface area contributed by atoms with Gasteiger partial charge in [-0.2, -0.15) is 4.98 Å². The number of aliphatic hydroxyl groups excluding tert-OH is 3. The molecule has 5 N–H and O–H groups in total. The zero-order valence-corrected chi connectivity index (χ0v) is 8.93. The van der Waals surface area contributed by atoms with Gasteiger partial charge in [0.25, 0.3) is 0 Å². The SMILES string of the molecule is Nc1ncn([C@@H](OCCO)C(O)CO)c(=O)n1. The van der Waals surface area contributed by atoms with Crippen LogP contribution >= 0.6 is 0 Å². The van der Waals surface area contributed by atoms with E-state index in [1.807, 2.05) is 0 Å². The van der Waals surface area contributed by atoms with Crippen molar-refractivity contribution in [2.75, 3.05) is 25.6 Å². The van der Waals surface area contributed by atoms with Gasteiger partial charge in [0.05, 0.1) is 19.8 Å². The van der Waals surface area contributed by atoms with Crippen molar-refractivity contribution in [2.45, 2.75) is 12.3 Å². The van der Waals surface area contributed by atoms with Crippen molar-refractivity contribution >= 4 is 5.95 Å². The number of rotatable bonds is 6. The van der Waals surface area contributed by atoms with E-state index in [4.69, 9.17) is 20.7 Å². The van der Waals surface area contributed by atoms with Crippen LogP contribution in [-0.2, 0) is 4.74 Å². The van der Waals surface area contributed by atoms with Crippen molar-refractivity contribution in [3.63, 3.8) is 0 Å². The Hall–Kier alpha value is -1.55. The Bertz CT molecular complexity index is 409. The Labute approximate surface area is 96.1 Å². The zero-order chi connectivity index (χ0) is 12.8. The molecule has 0 fully saturated rings. The van der Waals surface area contributed by atoms with Gasteiger partial charge in [0.1, 0.15) is 12.4 Å². The normalized spacial score (nSPS) is 14.5. The summed E-state index contributed by atoms with van der Waals surface area (Å²) in [6, 6.07) is 0. The van der Waals surface area contributed by atoms with Gasteiger partial charge in [-0.15, -0.1) is 0 Å². The molecule has 0 aromatic carbocycles. The van der Waals surface area contributed by atoms with E-state index in [0.29, 0.717) is 0 Å². The van der Waals surface area contributed by atoms with Gasteiger partial charge in [-0.25, -0.2) is 9.78 Å². The predicted molar refractivity (Wildman–Crippen MR) is 55.9 cm³/mol. The smallest absolute Gasteiger partial charge is 0.354 e. The van der Waals surface area contributed by atoms with Crippen molar-refractivity contribution in [3.8, 4) is 0 Å². The molecule has 96 valence electrons. The molecule has 0 aliphatic carbocycles. The van der Waals surface area contributed by atoms with Crippen molar-refractivity contribution in [2.24, 2.45) is 0 Å². The standard InChI is InChI=1S/C8H14N4O5/c9-7-10-4-12(8(16)11-7)6(5(15)3-14)17-2-1-13/h4-6,13-15H,1-3H2,(H2,9,11,16)/t5?,6-/m0/s1. The molecule has 0 aliphatic heterocycles. The number of aliphatic hydroxyl groups is 3. The Balaban J connectivity index is 2.99. The summed E-state index contributed by atoms with van der Waals surface area (Å²) in [5.41, 5.74) is 4.44. The minimum Gasteiger partial charge on any atom is -0.394 e. The van der Waals surface area contributed by atoms with Crippen LogP contribution in [0, 0.1) is 0 Å². The van der Waals surface area contributed by atoms with Gasteiger partial charge in [0.2, 0.25) is 5.95 Å². The summed E-state index contributed by atoms with van der Waals surface area (Å²) < 4.78 is 5.91. The first-order valence-corrected chi connectivity index (χ1v) is 4.82. The van der Waals surface area contributed by atoms with Gasteiger partial charge in [-0.1, -0.05) is 0 Å². The summed E-state index contributed by atoms with van der Waals surface area (Å²) >= 11 is 0. The highest BCUT2D eigenvalue weighted by atomic mass is 16.5. The van der Waals surface area contributed by atoms with Crippen molar-refractivity contribution in [1.29, 1.82) is 0 Å². The molecule has 1 rings (SSSR count). The third kappa shape index (κ3) is 3.46. The molecule has 0 radical (unpaired) electrons. The van der Waals surface area contributed by atoms with E-state index in [-0.39, 0.29) is 19.2 Å². The lowest BCUT2D eigenvalue weighted by atomic mass is 10.3. The highest BCUT2D eigenvalue weighted by Gasteiger charge is 2.22. The molecule has 0 saturated carbocycles. The summed E-state index contributed by atoms with van der Waals surface area (Å²) in [4.78, 5) is 18.4. The quantitative estimate of drug-likeness (QED) is 0.418. The van der Waals surface area contributed by atoms with Gasteiger partial charge < -0.3 is 25.8 Å². The fraction of sp³-hybridized carbons (Fsp3) is 0.625. The highest BCUT2D eigenvalue weighted by Crippen LogP contribution is 2.10. The van der Waals surface area contributed by atoms with Crippen LogP contribution in [0.25, 0.3) is 0 Å². The molecule has 1 aromatic rings. The number of anilines is 1. The Kier molecular flexibility index (Phi) is 4.97. The number of nitrogens with zero attached hydrogens (tertiary/aromatic N) is 3. The lowest BCUT2D eigenvalue weighted by Gasteiger charge is -2.22. The number of hydrogen-bond donors (Lipinski definition) is 4. The summed E-state index contributed by atoms with van der Waals surface area (Å²) in [5, 5.41) is 26.9. The average Bonchev–Trinajstić information content (AvgIpc) is 2.31. The minimum absolute atomic E-state index is 0.113. The zero-order valence-electron chi connectivity index (χ0n) is 8.93. The van der Waals surface area contributed by atoms with Gasteiger partial charge in [-0.05, 0) is 0 Å². The van der Waals surface area contributed by atoms with Gasteiger partial charge in [-0.3, -0.25) is 4.57 Å². The lowest BCUT2D eigenvalue weighted by Crippen LogP contribution is -2.38. The molecule has 0 aliphatic rings. The Morgan fingerprint density at radius 2 is 2.24 bits per heavy atom. The highest BCUT2D eigenvalue weighted by molar-refractivity contribution is 5.09. The third-order valence-corrected chi connectivity index (χ3v) is 1.92. The van der Waals surface area contributed by atoms with Crippen LogP contribution in [0.2, 0.25) is 0 Å². The molecule has 1 aromatic heterocycles. The summed E-state index contributed by atoms with van der Waals surface area (Å²) in [6.45, 7) is -1.02. The second-order valence-corrected chi connectivity index (χ2v) is 3.14. The molecule has 1 heterocycles. The van der Waals surface area contributed by atoms with E-state index in [2.05, 4.69) is 9.97 Å². The second-order valence-electron chi connectivity index (χ2n) is 3.14. The van der Waals surface area contributed by atoms with E-state index in [1.165, 1.54) is 0 Å². The van der Waals surface area contributed by atoms with Crippen LogP contribution in [-0.4, -0.2) is 55.8 Å². The van der Waals surface area contributed by atoms with Gasteiger partial charge >= 0.3 is 5.69 Å². The molecule has 17 heavy (non-hydrogen) atoms. The maximum atomic E-state index is 11.5. The maximum Gasteiger partial charge on any atom is 0.354 e. The molecular formula is C8H14N4O5. The van der Waals surface area contributed by atoms with Gasteiger partial charge in [0, 0.05) is 0 Å². The molecule has 0 spiro atoms. The number of hydrogen-bond acceptors (Lipinski definition) is 8. The molecule has 0 amide bonds. The topological polar surface area (TPSA) is 144 Å². The number of ether oxygens (including phenoxy) is 1. The maximum absolute atomic E-state index is 11.5. The summed E-state index contributed by atoms with van der Waals surface area (Å²) in [7, 11) is 0. The number of nitrogens with two attached hydrogens (primary N) is 1. The first kappa shape index (κ1) is 13.5. The average molecular weight is 246 g/mol. The van der Waals surface area contributed by atoms with Crippen molar-refractivity contribution in [1.82, 2.24) is 14.5 Å². The van der Waals surface area contributed by atoms with Crippen LogP contribution in [0.5, 0.6) is 0 Å². The predicted octanol–water partition coefficient (Wildman–Crippen LogP) is -2.92. The summed E-state index contributed by atoms with van der Waals surface area (Å²) in [6.07, 6.45) is -1.47. The number of aromatic nitrogens is 3. The monoisotopic (exact) mass is 246 g/mol. The van der Waals surface area contributed by atoms with Crippen LogP contribution in [0.1, 0.15) is 6.23 Å². The first-order chi connectivity index (χ1) is 8.10. The van der Waals surface area contributed by atoms with Crippen molar-refractivity contribution < 1.29 is 20.1 Å². The van der Waals surface area contributed by atoms with E-state index < -0.39 is 24.6 Å².